The molecule has 0 saturated heterocycles. The van der Waals surface area contributed by atoms with E-state index < -0.39 is 0 Å². The number of para-hydroxylation sites is 1. The Morgan fingerprint density at radius 2 is 1.79 bits per heavy atom. The summed E-state index contributed by atoms with van der Waals surface area (Å²) in [6, 6.07) is 18.9. The van der Waals surface area contributed by atoms with E-state index in [1.807, 2.05) is 49.4 Å². The fraction of sp³-hybridized carbons (Fsp3) is 0.217. The molecule has 5 heteroatoms. The zero-order chi connectivity index (χ0) is 19.9. The number of anilines is 1. The van der Waals surface area contributed by atoms with Crippen molar-refractivity contribution in [3.63, 3.8) is 0 Å². The molecule has 1 heterocycles. The van der Waals surface area contributed by atoms with Gasteiger partial charge in [0.05, 0.1) is 23.6 Å². The van der Waals surface area contributed by atoms with Crippen molar-refractivity contribution in [3.05, 3.63) is 83.2 Å². The summed E-state index contributed by atoms with van der Waals surface area (Å²) in [4.78, 5) is 16.9. The highest BCUT2D eigenvalue weighted by Crippen LogP contribution is 2.26. The van der Waals surface area contributed by atoms with Crippen molar-refractivity contribution < 1.29 is 14.3 Å². The molecule has 3 aromatic rings. The molecule has 0 atom stereocenters. The topological polar surface area (TPSA) is 60.5 Å². The highest BCUT2D eigenvalue weighted by molar-refractivity contribution is 6.05. The summed E-state index contributed by atoms with van der Waals surface area (Å²) in [7, 11) is 1.62. The lowest BCUT2D eigenvalue weighted by Gasteiger charge is -2.11. The quantitative estimate of drug-likeness (QED) is 0.620. The van der Waals surface area contributed by atoms with Crippen LogP contribution in [-0.2, 0) is 17.8 Å². The highest BCUT2D eigenvalue weighted by Gasteiger charge is 2.11. The summed E-state index contributed by atoms with van der Waals surface area (Å²) in [5, 5.41) is 2.90. The number of ether oxygens (including phenoxy) is 2. The molecule has 1 amide bonds. The molecule has 0 aliphatic rings. The Hall–Kier alpha value is -3.18. The Labute approximate surface area is 165 Å². The molecule has 5 nitrogen and oxygen atoms in total. The van der Waals surface area contributed by atoms with E-state index in [0.717, 1.165) is 29.2 Å². The van der Waals surface area contributed by atoms with Crippen LogP contribution in [0.15, 0.2) is 60.7 Å². The van der Waals surface area contributed by atoms with Gasteiger partial charge in [0.25, 0.3) is 5.91 Å². The van der Waals surface area contributed by atoms with Gasteiger partial charge in [-0.2, -0.15) is 0 Å². The smallest absolute Gasteiger partial charge is 0.257 e. The molecule has 28 heavy (non-hydrogen) atoms. The number of pyridine rings is 1. The Morgan fingerprint density at radius 3 is 2.46 bits per heavy atom. The van der Waals surface area contributed by atoms with Crippen molar-refractivity contribution in [1.82, 2.24) is 4.98 Å². The molecule has 0 saturated carbocycles. The van der Waals surface area contributed by atoms with Crippen LogP contribution in [0.1, 0.15) is 34.2 Å². The van der Waals surface area contributed by atoms with Gasteiger partial charge in [0.2, 0.25) is 0 Å². The maximum absolute atomic E-state index is 12.5. The van der Waals surface area contributed by atoms with Gasteiger partial charge in [0.1, 0.15) is 11.5 Å². The van der Waals surface area contributed by atoms with E-state index in [1.165, 1.54) is 0 Å². The second-order valence-electron chi connectivity index (χ2n) is 6.41. The highest BCUT2D eigenvalue weighted by atomic mass is 16.5. The third-order valence-corrected chi connectivity index (χ3v) is 4.37. The minimum absolute atomic E-state index is 0.195. The number of amides is 1. The number of rotatable bonds is 7. The van der Waals surface area contributed by atoms with Gasteiger partial charge in [-0.05, 0) is 61.4 Å². The fourth-order valence-electron chi connectivity index (χ4n) is 2.91. The van der Waals surface area contributed by atoms with Crippen molar-refractivity contribution in [1.29, 1.82) is 0 Å². The zero-order valence-electron chi connectivity index (χ0n) is 16.4. The van der Waals surface area contributed by atoms with Gasteiger partial charge in [0, 0.05) is 12.8 Å². The SMILES string of the molecule is CCc1ccccc1Oc1ccc(NC(=O)c2ccc(COC)nc2C)cc1. The van der Waals surface area contributed by atoms with E-state index in [2.05, 4.69) is 23.3 Å². The average Bonchev–Trinajstić information content (AvgIpc) is 2.70. The number of methoxy groups -OCH3 is 1. The van der Waals surface area contributed by atoms with E-state index in [4.69, 9.17) is 9.47 Å². The second kappa shape index (κ2) is 9.15. The molecule has 1 aromatic heterocycles. The van der Waals surface area contributed by atoms with Crippen LogP contribution in [0.25, 0.3) is 0 Å². The van der Waals surface area contributed by atoms with Crippen molar-refractivity contribution in [2.24, 2.45) is 0 Å². The summed E-state index contributed by atoms with van der Waals surface area (Å²) < 4.78 is 11.0. The standard InChI is InChI=1S/C23H24N2O3/c1-4-17-7-5-6-8-22(17)28-20-12-9-18(10-13-20)25-23(26)21-14-11-19(15-27-3)24-16(21)2/h5-14H,4,15H2,1-3H3,(H,25,26). The van der Waals surface area contributed by atoms with Crippen molar-refractivity contribution >= 4 is 11.6 Å². The Bertz CT molecular complexity index is 952. The number of carbonyl (C=O) groups excluding carboxylic acids is 1. The van der Waals surface area contributed by atoms with Gasteiger partial charge in [-0.1, -0.05) is 25.1 Å². The summed E-state index contributed by atoms with van der Waals surface area (Å²) in [5.41, 5.74) is 3.85. The van der Waals surface area contributed by atoms with Gasteiger partial charge in [-0.3, -0.25) is 9.78 Å². The van der Waals surface area contributed by atoms with Crippen LogP contribution in [0.5, 0.6) is 11.5 Å². The van der Waals surface area contributed by atoms with Crippen LogP contribution in [0.2, 0.25) is 0 Å². The average molecular weight is 376 g/mol. The molecule has 0 bridgehead atoms. The van der Waals surface area contributed by atoms with Gasteiger partial charge < -0.3 is 14.8 Å². The Kier molecular flexibility index (Phi) is 6.40. The molecular weight excluding hydrogens is 352 g/mol. The Morgan fingerprint density at radius 1 is 1.04 bits per heavy atom. The van der Waals surface area contributed by atoms with Crippen LogP contribution in [0.3, 0.4) is 0 Å². The molecule has 0 spiro atoms. The lowest BCUT2D eigenvalue weighted by Crippen LogP contribution is -2.14. The summed E-state index contributed by atoms with van der Waals surface area (Å²) in [5.74, 6) is 1.37. The van der Waals surface area contributed by atoms with E-state index in [-0.39, 0.29) is 5.91 Å². The van der Waals surface area contributed by atoms with Crippen LogP contribution < -0.4 is 10.1 Å². The number of aromatic nitrogens is 1. The number of aryl methyl sites for hydroxylation is 2. The van der Waals surface area contributed by atoms with Gasteiger partial charge in [-0.15, -0.1) is 0 Å². The number of hydrogen-bond donors (Lipinski definition) is 1. The van der Waals surface area contributed by atoms with E-state index in [0.29, 0.717) is 23.6 Å². The fourth-order valence-corrected chi connectivity index (χ4v) is 2.91. The molecule has 3 rings (SSSR count). The van der Waals surface area contributed by atoms with E-state index >= 15 is 0 Å². The third kappa shape index (κ3) is 4.75. The third-order valence-electron chi connectivity index (χ3n) is 4.37. The monoisotopic (exact) mass is 376 g/mol. The van der Waals surface area contributed by atoms with Crippen LogP contribution >= 0.6 is 0 Å². The number of carbonyl (C=O) groups is 1. The summed E-state index contributed by atoms with van der Waals surface area (Å²) >= 11 is 0. The number of hydrogen-bond acceptors (Lipinski definition) is 4. The summed E-state index contributed by atoms with van der Waals surface area (Å²) in [6.45, 7) is 4.33. The second-order valence-corrected chi connectivity index (χ2v) is 6.41. The molecule has 2 aromatic carbocycles. The van der Waals surface area contributed by atoms with Crippen molar-refractivity contribution in [2.75, 3.05) is 12.4 Å². The van der Waals surface area contributed by atoms with Crippen LogP contribution in [0, 0.1) is 6.92 Å². The first-order chi connectivity index (χ1) is 13.6. The van der Waals surface area contributed by atoms with E-state index in [9.17, 15) is 4.79 Å². The van der Waals surface area contributed by atoms with Crippen LogP contribution in [0.4, 0.5) is 5.69 Å². The first-order valence-corrected chi connectivity index (χ1v) is 9.23. The first-order valence-electron chi connectivity index (χ1n) is 9.23. The lowest BCUT2D eigenvalue weighted by atomic mass is 10.1. The van der Waals surface area contributed by atoms with E-state index in [1.54, 1.807) is 19.2 Å². The number of benzene rings is 2. The minimum Gasteiger partial charge on any atom is -0.457 e. The van der Waals surface area contributed by atoms with Crippen LogP contribution in [-0.4, -0.2) is 18.0 Å². The van der Waals surface area contributed by atoms with Gasteiger partial charge in [0.15, 0.2) is 0 Å². The molecule has 144 valence electrons. The molecule has 0 unspecified atom stereocenters. The van der Waals surface area contributed by atoms with Crippen molar-refractivity contribution in [3.8, 4) is 11.5 Å². The number of nitrogens with zero attached hydrogens (tertiary/aromatic N) is 1. The normalized spacial score (nSPS) is 10.5. The predicted octanol–water partition coefficient (Wildman–Crippen LogP) is 5.14. The number of nitrogens with one attached hydrogen (secondary N) is 1. The van der Waals surface area contributed by atoms with Gasteiger partial charge in [-0.25, -0.2) is 0 Å². The lowest BCUT2D eigenvalue weighted by molar-refractivity contribution is 0.102. The minimum atomic E-state index is -0.195. The first kappa shape index (κ1) is 19.6. The molecule has 0 radical (unpaired) electrons. The maximum atomic E-state index is 12.5. The molecule has 0 aliphatic carbocycles. The predicted molar refractivity (Wildman–Crippen MR) is 110 cm³/mol. The molecule has 0 fully saturated rings. The Balaban J connectivity index is 1.68. The molecule has 1 N–H and O–H groups in total. The molecule has 0 aliphatic heterocycles. The van der Waals surface area contributed by atoms with Gasteiger partial charge >= 0.3 is 0 Å². The zero-order valence-corrected chi connectivity index (χ0v) is 16.4. The molecular formula is C23H24N2O3. The van der Waals surface area contributed by atoms with Crippen molar-refractivity contribution in [2.45, 2.75) is 26.9 Å². The largest absolute Gasteiger partial charge is 0.457 e. The summed E-state index contributed by atoms with van der Waals surface area (Å²) in [6.07, 6.45) is 0.904. The maximum Gasteiger partial charge on any atom is 0.257 e.